The zero-order valence-corrected chi connectivity index (χ0v) is 9.04. The number of pyridine rings is 1. The van der Waals surface area contributed by atoms with Crippen molar-refractivity contribution in [2.24, 2.45) is 0 Å². The van der Waals surface area contributed by atoms with Crippen molar-refractivity contribution in [2.75, 3.05) is 7.11 Å². The van der Waals surface area contributed by atoms with E-state index in [-0.39, 0.29) is 12.1 Å². The summed E-state index contributed by atoms with van der Waals surface area (Å²) in [5, 5.41) is 8.57. The maximum atomic E-state index is 11.2. The second-order valence-electron chi connectivity index (χ2n) is 2.45. The lowest BCUT2D eigenvalue weighted by Gasteiger charge is -2.04. The maximum absolute atomic E-state index is 11.2. The third-order valence-electron chi connectivity index (χ3n) is 1.63. The molecule has 0 saturated heterocycles. The van der Waals surface area contributed by atoms with Gasteiger partial charge in [0, 0.05) is 16.2 Å². The van der Waals surface area contributed by atoms with Crippen LogP contribution in [0, 0.1) is 11.3 Å². The van der Waals surface area contributed by atoms with Gasteiger partial charge in [0.05, 0.1) is 19.6 Å². The number of carbonyl (C=O) groups excluding carboxylic acids is 1. The van der Waals surface area contributed by atoms with Gasteiger partial charge in [-0.15, -0.1) is 0 Å². The van der Waals surface area contributed by atoms with E-state index >= 15 is 0 Å². The topological polar surface area (TPSA) is 63.0 Å². The van der Waals surface area contributed by atoms with Crippen molar-refractivity contribution in [3.63, 3.8) is 0 Å². The molecule has 0 aromatic carbocycles. The highest BCUT2D eigenvalue weighted by Crippen LogP contribution is 2.19. The Morgan fingerprint density at radius 3 is 3.07 bits per heavy atom. The van der Waals surface area contributed by atoms with Crippen LogP contribution in [0.3, 0.4) is 0 Å². The Labute approximate surface area is 89.6 Å². The molecular formula is C9H7BrN2O2. The Morgan fingerprint density at radius 1 is 1.79 bits per heavy atom. The minimum Gasteiger partial charge on any atom is -0.464 e. The van der Waals surface area contributed by atoms with Crippen molar-refractivity contribution in [1.82, 2.24) is 4.98 Å². The molecule has 1 rings (SSSR count). The number of hydrogen-bond donors (Lipinski definition) is 0. The Morgan fingerprint density at radius 2 is 2.50 bits per heavy atom. The monoisotopic (exact) mass is 254 g/mol. The van der Waals surface area contributed by atoms with Crippen molar-refractivity contribution >= 4 is 21.9 Å². The number of hydrogen-bond acceptors (Lipinski definition) is 4. The number of nitrogens with zero attached hydrogens (tertiary/aromatic N) is 2. The molecule has 0 amide bonds. The fourth-order valence-corrected chi connectivity index (χ4v) is 1.43. The van der Waals surface area contributed by atoms with E-state index in [0.717, 1.165) is 0 Å². The number of aromatic nitrogens is 1. The van der Waals surface area contributed by atoms with Gasteiger partial charge in [-0.3, -0.25) is 0 Å². The molecule has 1 aromatic heterocycles. The summed E-state index contributed by atoms with van der Waals surface area (Å²) >= 11 is 3.25. The molecule has 0 aliphatic rings. The van der Waals surface area contributed by atoms with Gasteiger partial charge in [-0.2, -0.15) is 5.26 Å². The van der Waals surface area contributed by atoms with Gasteiger partial charge in [-0.1, -0.05) is 15.9 Å². The predicted molar refractivity (Wildman–Crippen MR) is 52.6 cm³/mol. The molecule has 0 aliphatic heterocycles. The molecule has 0 atom stereocenters. The number of nitriles is 1. The van der Waals surface area contributed by atoms with Crippen LogP contribution in [0.4, 0.5) is 0 Å². The van der Waals surface area contributed by atoms with Crippen molar-refractivity contribution in [1.29, 1.82) is 5.26 Å². The van der Waals surface area contributed by atoms with Crippen LogP contribution in [-0.2, 0) is 11.2 Å². The van der Waals surface area contributed by atoms with Crippen LogP contribution in [0.15, 0.2) is 16.7 Å². The van der Waals surface area contributed by atoms with E-state index < -0.39 is 5.97 Å². The first-order chi connectivity index (χ1) is 6.70. The minimum atomic E-state index is -0.531. The van der Waals surface area contributed by atoms with E-state index in [1.54, 1.807) is 6.07 Å². The molecule has 0 aliphatic carbocycles. The quantitative estimate of drug-likeness (QED) is 0.754. The number of methoxy groups -OCH3 is 1. The first-order valence-corrected chi connectivity index (χ1v) is 4.58. The maximum Gasteiger partial charge on any atom is 0.357 e. The van der Waals surface area contributed by atoms with Crippen molar-refractivity contribution in [3.05, 3.63) is 28.0 Å². The highest BCUT2D eigenvalue weighted by Gasteiger charge is 2.15. The van der Waals surface area contributed by atoms with E-state index in [1.807, 2.05) is 6.07 Å². The third kappa shape index (κ3) is 2.09. The molecule has 5 heteroatoms. The SMILES string of the molecule is COC(=O)c1nccc(Br)c1CC#N. The van der Waals surface area contributed by atoms with Crippen LogP contribution in [-0.4, -0.2) is 18.1 Å². The second-order valence-corrected chi connectivity index (χ2v) is 3.30. The van der Waals surface area contributed by atoms with Gasteiger partial charge in [0.2, 0.25) is 0 Å². The number of halogens is 1. The summed E-state index contributed by atoms with van der Waals surface area (Å²) in [5.41, 5.74) is 0.741. The largest absolute Gasteiger partial charge is 0.464 e. The molecule has 0 unspecified atom stereocenters. The number of ether oxygens (including phenoxy) is 1. The molecule has 0 bridgehead atoms. The summed E-state index contributed by atoms with van der Waals surface area (Å²) in [7, 11) is 1.28. The summed E-state index contributed by atoms with van der Waals surface area (Å²) in [6, 6.07) is 3.65. The molecular weight excluding hydrogens is 248 g/mol. The highest BCUT2D eigenvalue weighted by molar-refractivity contribution is 9.10. The van der Waals surface area contributed by atoms with E-state index in [0.29, 0.717) is 10.0 Å². The van der Waals surface area contributed by atoms with Crippen LogP contribution in [0.1, 0.15) is 16.1 Å². The first-order valence-electron chi connectivity index (χ1n) is 3.79. The lowest BCUT2D eigenvalue weighted by atomic mass is 10.1. The summed E-state index contributed by atoms with van der Waals surface area (Å²) in [6.07, 6.45) is 1.61. The molecule has 1 aromatic rings. The first kappa shape index (κ1) is 10.7. The third-order valence-corrected chi connectivity index (χ3v) is 2.38. The van der Waals surface area contributed by atoms with Gasteiger partial charge in [0.25, 0.3) is 0 Å². The molecule has 4 nitrogen and oxygen atoms in total. The summed E-state index contributed by atoms with van der Waals surface area (Å²) in [4.78, 5) is 15.1. The molecule has 0 N–H and O–H groups in total. The van der Waals surface area contributed by atoms with Crippen LogP contribution in [0.25, 0.3) is 0 Å². The Balaban J connectivity index is 3.22. The molecule has 14 heavy (non-hydrogen) atoms. The van der Waals surface area contributed by atoms with E-state index in [4.69, 9.17) is 5.26 Å². The summed E-state index contributed by atoms with van der Waals surface area (Å²) in [6.45, 7) is 0. The molecule has 1 heterocycles. The van der Waals surface area contributed by atoms with E-state index in [9.17, 15) is 4.79 Å². The lowest BCUT2D eigenvalue weighted by molar-refractivity contribution is 0.0593. The van der Waals surface area contributed by atoms with E-state index in [2.05, 4.69) is 25.7 Å². The van der Waals surface area contributed by atoms with Gasteiger partial charge in [0.1, 0.15) is 0 Å². The van der Waals surface area contributed by atoms with Gasteiger partial charge >= 0.3 is 5.97 Å². The average Bonchev–Trinajstić information content (AvgIpc) is 2.20. The van der Waals surface area contributed by atoms with Crippen molar-refractivity contribution < 1.29 is 9.53 Å². The Kier molecular flexibility index (Phi) is 3.60. The standard InChI is InChI=1S/C9H7BrN2O2/c1-14-9(13)8-6(2-4-11)7(10)3-5-12-8/h3,5H,2H2,1H3. The predicted octanol–water partition coefficient (Wildman–Crippen LogP) is 1.70. The van der Waals surface area contributed by atoms with Crippen LogP contribution in [0.2, 0.25) is 0 Å². The Bertz CT molecular complexity index is 398. The second kappa shape index (κ2) is 4.72. The summed E-state index contributed by atoms with van der Waals surface area (Å²) < 4.78 is 5.24. The normalized spacial score (nSPS) is 9.21. The van der Waals surface area contributed by atoms with Crippen LogP contribution >= 0.6 is 15.9 Å². The zero-order chi connectivity index (χ0) is 10.6. The highest BCUT2D eigenvalue weighted by atomic mass is 79.9. The molecule has 72 valence electrons. The zero-order valence-electron chi connectivity index (χ0n) is 7.45. The molecule has 0 spiro atoms. The van der Waals surface area contributed by atoms with Crippen molar-refractivity contribution in [3.8, 4) is 6.07 Å². The molecule has 0 radical (unpaired) electrons. The van der Waals surface area contributed by atoms with Gasteiger partial charge < -0.3 is 4.74 Å². The number of rotatable bonds is 2. The van der Waals surface area contributed by atoms with Crippen LogP contribution in [0.5, 0.6) is 0 Å². The fourth-order valence-electron chi connectivity index (χ4n) is 0.989. The summed E-state index contributed by atoms with van der Waals surface area (Å²) in [5.74, 6) is -0.531. The Hall–Kier alpha value is -1.41. The number of carbonyl (C=O) groups is 1. The van der Waals surface area contributed by atoms with Crippen molar-refractivity contribution in [2.45, 2.75) is 6.42 Å². The van der Waals surface area contributed by atoms with E-state index in [1.165, 1.54) is 13.3 Å². The number of esters is 1. The molecule has 0 saturated carbocycles. The van der Waals surface area contributed by atoms with Gasteiger partial charge in [-0.05, 0) is 6.07 Å². The van der Waals surface area contributed by atoms with Gasteiger partial charge in [-0.25, -0.2) is 9.78 Å². The smallest absolute Gasteiger partial charge is 0.357 e. The average molecular weight is 255 g/mol. The van der Waals surface area contributed by atoms with Gasteiger partial charge in [0.15, 0.2) is 5.69 Å². The minimum absolute atomic E-state index is 0.124. The van der Waals surface area contributed by atoms with Crippen LogP contribution < -0.4 is 0 Å². The lowest BCUT2D eigenvalue weighted by Crippen LogP contribution is -2.08. The fraction of sp³-hybridized carbons (Fsp3) is 0.222. The molecule has 0 fully saturated rings.